The molecule has 1 heterocycles. The second-order valence-electron chi connectivity index (χ2n) is 2.09. The Morgan fingerprint density at radius 2 is 2.30 bits per heavy atom. The lowest BCUT2D eigenvalue weighted by Crippen LogP contribution is -1.63. The van der Waals surface area contributed by atoms with Gasteiger partial charge in [0.2, 0.25) is 0 Å². The SMILES string of the molecule is O=Nc1cc2c[nH][nH]c-2c1. The quantitative estimate of drug-likeness (QED) is 0.576. The minimum absolute atomic E-state index is 0.468. The van der Waals surface area contributed by atoms with Crippen LogP contribution in [0, 0.1) is 4.91 Å². The van der Waals surface area contributed by atoms with E-state index in [4.69, 9.17) is 0 Å². The van der Waals surface area contributed by atoms with Crippen LogP contribution in [0.15, 0.2) is 23.5 Å². The summed E-state index contributed by atoms with van der Waals surface area (Å²) < 4.78 is 0. The highest BCUT2D eigenvalue weighted by Crippen LogP contribution is 2.27. The van der Waals surface area contributed by atoms with Crippen molar-refractivity contribution in [1.29, 1.82) is 0 Å². The number of hydrogen-bond donors (Lipinski definition) is 2. The fourth-order valence-electron chi connectivity index (χ4n) is 0.982. The molecule has 0 radical (unpaired) electrons. The van der Waals surface area contributed by atoms with Gasteiger partial charge < -0.3 is 10.2 Å². The highest BCUT2D eigenvalue weighted by Gasteiger charge is 2.06. The average Bonchev–Trinajstić information content (AvgIpc) is 2.42. The predicted molar refractivity (Wildman–Crippen MR) is 37.2 cm³/mol. The minimum Gasteiger partial charge on any atom is -0.307 e. The molecular formula is C6H5N3O. The molecule has 0 saturated heterocycles. The van der Waals surface area contributed by atoms with Crippen molar-refractivity contribution in [1.82, 2.24) is 10.2 Å². The zero-order valence-electron chi connectivity index (χ0n) is 5.09. The monoisotopic (exact) mass is 135 g/mol. The molecule has 4 nitrogen and oxygen atoms in total. The molecule has 2 N–H and O–H groups in total. The van der Waals surface area contributed by atoms with E-state index in [0.717, 1.165) is 11.3 Å². The van der Waals surface area contributed by atoms with Crippen LogP contribution >= 0.6 is 0 Å². The lowest BCUT2D eigenvalue weighted by atomic mass is 10.3. The number of nitrogens with zero attached hydrogens (tertiary/aromatic N) is 1. The van der Waals surface area contributed by atoms with Crippen molar-refractivity contribution in [3.8, 4) is 11.3 Å². The summed E-state index contributed by atoms with van der Waals surface area (Å²) in [4.78, 5) is 10.00. The molecule has 2 aliphatic rings. The van der Waals surface area contributed by atoms with Crippen molar-refractivity contribution >= 4 is 5.69 Å². The van der Waals surface area contributed by atoms with Crippen molar-refractivity contribution in [2.75, 3.05) is 0 Å². The molecule has 2 rings (SSSR count). The lowest BCUT2D eigenvalue weighted by Gasteiger charge is -1.76. The Bertz CT molecular complexity index is 296. The molecule has 1 aliphatic carbocycles. The standard InChI is InChI=1S/C6H5N3O/c10-9-5-1-4-3-7-8-6(4)2-5/h1-3,7-8H. The van der Waals surface area contributed by atoms with Crippen LogP contribution in [0.2, 0.25) is 0 Å². The van der Waals surface area contributed by atoms with Crippen molar-refractivity contribution in [3.63, 3.8) is 0 Å². The van der Waals surface area contributed by atoms with E-state index in [-0.39, 0.29) is 0 Å². The van der Waals surface area contributed by atoms with Crippen LogP contribution in [-0.4, -0.2) is 10.2 Å². The van der Waals surface area contributed by atoms with Crippen molar-refractivity contribution in [3.05, 3.63) is 23.2 Å². The second kappa shape index (κ2) is 1.70. The maximum Gasteiger partial charge on any atom is 0.110 e. The Balaban J connectivity index is 2.67. The molecule has 0 saturated carbocycles. The second-order valence-corrected chi connectivity index (χ2v) is 2.09. The molecule has 50 valence electrons. The third-order valence-corrected chi connectivity index (χ3v) is 1.45. The van der Waals surface area contributed by atoms with Gasteiger partial charge in [0.1, 0.15) is 5.69 Å². The van der Waals surface area contributed by atoms with Gasteiger partial charge in [0.25, 0.3) is 0 Å². The first-order chi connectivity index (χ1) is 4.90. The summed E-state index contributed by atoms with van der Waals surface area (Å²) in [6, 6.07) is 3.41. The summed E-state index contributed by atoms with van der Waals surface area (Å²) in [6.07, 6.45) is 1.78. The number of nitroso groups, excluding NO2 is 1. The smallest absolute Gasteiger partial charge is 0.110 e. The molecule has 0 aromatic heterocycles. The van der Waals surface area contributed by atoms with E-state index in [1.807, 2.05) is 0 Å². The Hall–Kier alpha value is -1.58. The van der Waals surface area contributed by atoms with Crippen molar-refractivity contribution in [2.24, 2.45) is 5.18 Å². The first kappa shape index (κ1) is 5.22. The fraction of sp³-hybridized carbons (Fsp3) is 0. The van der Waals surface area contributed by atoms with E-state index in [2.05, 4.69) is 15.4 Å². The summed E-state index contributed by atoms with van der Waals surface area (Å²) in [5.41, 5.74) is 2.36. The van der Waals surface area contributed by atoms with Gasteiger partial charge in [0.05, 0.1) is 5.69 Å². The Morgan fingerprint density at radius 1 is 1.40 bits per heavy atom. The number of fused-ring (bicyclic) bond motifs is 1. The van der Waals surface area contributed by atoms with E-state index in [1.54, 1.807) is 18.3 Å². The molecule has 0 aromatic rings. The van der Waals surface area contributed by atoms with E-state index >= 15 is 0 Å². The Labute approximate surface area is 56.5 Å². The van der Waals surface area contributed by atoms with Gasteiger partial charge in [0, 0.05) is 11.8 Å². The predicted octanol–water partition coefficient (Wildman–Crippen LogP) is 1.85. The third-order valence-electron chi connectivity index (χ3n) is 1.45. The van der Waals surface area contributed by atoms with Gasteiger partial charge >= 0.3 is 0 Å². The van der Waals surface area contributed by atoms with Gasteiger partial charge in [-0.25, -0.2) is 0 Å². The number of H-pyrrole nitrogens is 2. The van der Waals surface area contributed by atoms with Gasteiger partial charge in [-0.3, -0.25) is 0 Å². The number of aromatic nitrogens is 2. The van der Waals surface area contributed by atoms with Crippen LogP contribution in [0.3, 0.4) is 0 Å². The maximum absolute atomic E-state index is 10.00. The lowest BCUT2D eigenvalue weighted by molar-refractivity contribution is 1.10. The fourth-order valence-corrected chi connectivity index (χ4v) is 0.982. The molecule has 0 spiro atoms. The van der Waals surface area contributed by atoms with E-state index in [9.17, 15) is 4.91 Å². The van der Waals surface area contributed by atoms with Gasteiger partial charge in [-0.05, 0) is 17.3 Å². The van der Waals surface area contributed by atoms with Crippen LogP contribution in [0.5, 0.6) is 0 Å². The zero-order valence-corrected chi connectivity index (χ0v) is 5.09. The molecular weight excluding hydrogens is 130 g/mol. The summed E-state index contributed by atoms with van der Waals surface area (Å²) in [5, 5.41) is 8.45. The highest BCUT2D eigenvalue weighted by molar-refractivity contribution is 5.69. The third kappa shape index (κ3) is 0.556. The van der Waals surface area contributed by atoms with Crippen molar-refractivity contribution < 1.29 is 0 Å². The Kier molecular flexibility index (Phi) is 0.887. The normalized spacial score (nSPS) is 10.4. The summed E-state index contributed by atoms with van der Waals surface area (Å²) in [5.74, 6) is 0. The molecule has 0 fully saturated rings. The minimum atomic E-state index is 0.468. The molecule has 1 aliphatic heterocycles. The Morgan fingerprint density at radius 3 is 3.00 bits per heavy atom. The molecule has 10 heavy (non-hydrogen) atoms. The number of nitrogens with one attached hydrogen (secondary N) is 2. The topological polar surface area (TPSA) is 61.0 Å². The van der Waals surface area contributed by atoms with Crippen LogP contribution in [0.4, 0.5) is 5.69 Å². The highest BCUT2D eigenvalue weighted by atomic mass is 16.3. The number of aromatic amines is 2. The van der Waals surface area contributed by atoms with Gasteiger partial charge in [-0.1, -0.05) is 0 Å². The van der Waals surface area contributed by atoms with E-state index in [1.165, 1.54) is 0 Å². The van der Waals surface area contributed by atoms with E-state index < -0.39 is 0 Å². The molecule has 0 bridgehead atoms. The zero-order chi connectivity index (χ0) is 6.97. The number of rotatable bonds is 1. The van der Waals surface area contributed by atoms with Crippen LogP contribution in [0.25, 0.3) is 11.3 Å². The summed E-state index contributed by atoms with van der Waals surface area (Å²) in [7, 11) is 0. The van der Waals surface area contributed by atoms with Crippen molar-refractivity contribution in [2.45, 2.75) is 0 Å². The van der Waals surface area contributed by atoms with Gasteiger partial charge in [-0.2, -0.15) is 0 Å². The number of hydrogen-bond acceptors (Lipinski definition) is 2. The summed E-state index contributed by atoms with van der Waals surface area (Å²) in [6.45, 7) is 0. The van der Waals surface area contributed by atoms with Gasteiger partial charge in [0.15, 0.2) is 0 Å². The van der Waals surface area contributed by atoms with E-state index in [0.29, 0.717) is 5.69 Å². The first-order valence-electron chi connectivity index (χ1n) is 2.89. The van der Waals surface area contributed by atoms with Gasteiger partial charge in [-0.15, -0.1) is 4.91 Å². The van der Waals surface area contributed by atoms with Crippen LogP contribution in [-0.2, 0) is 0 Å². The maximum atomic E-state index is 10.00. The molecule has 0 amide bonds. The van der Waals surface area contributed by atoms with Crippen LogP contribution in [0.1, 0.15) is 0 Å². The average molecular weight is 135 g/mol. The molecule has 0 aromatic carbocycles. The first-order valence-corrected chi connectivity index (χ1v) is 2.89. The molecule has 4 heteroatoms. The molecule has 0 atom stereocenters. The largest absolute Gasteiger partial charge is 0.307 e. The van der Waals surface area contributed by atoms with Crippen LogP contribution < -0.4 is 0 Å². The summed E-state index contributed by atoms with van der Waals surface area (Å²) >= 11 is 0. The molecule has 0 unspecified atom stereocenters.